The van der Waals surface area contributed by atoms with E-state index in [1.54, 1.807) is 36.3 Å². The zero-order valence-electron chi connectivity index (χ0n) is 18.6. The minimum Gasteiger partial charge on any atom is -0.497 e. The summed E-state index contributed by atoms with van der Waals surface area (Å²) in [5.41, 5.74) is 1.36. The average Bonchev–Trinajstić information content (AvgIpc) is 3.08. The van der Waals surface area contributed by atoms with Gasteiger partial charge in [-0.25, -0.2) is 0 Å². The molecule has 2 aromatic carbocycles. The van der Waals surface area contributed by atoms with E-state index in [1.165, 1.54) is 0 Å². The Labute approximate surface area is 199 Å². The van der Waals surface area contributed by atoms with Crippen molar-refractivity contribution in [1.82, 2.24) is 9.80 Å². The summed E-state index contributed by atoms with van der Waals surface area (Å²) in [5.74, 6) is 0.280. The smallest absolute Gasteiger partial charge is 0.256 e. The maximum atomic E-state index is 13.4. The minimum atomic E-state index is -0.656. The number of nitrogens with zero attached hydrogens (tertiary/aromatic N) is 3. The standard InChI is InChI=1S/C24H28N4O4S/c1-31-20-9-7-18(8-10-20)25-22(29)17-21-23(30)28(19-5-3-2-4-6-19)24(33)27(21)12-11-26-13-15-32-16-14-26/h2-10,21H,11-17H2,1H3,(H,25,29). The molecule has 0 saturated carbocycles. The number of thiocarbonyl (C=S) groups is 1. The Balaban J connectivity index is 1.48. The third-order valence-corrected chi connectivity index (χ3v) is 6.26. The van der Waals surface area contributed by atoms with Gasteiger partial charge in [-0.3, -0.25) is 19.4 Å². The molecular formula is C24H28N4O4S. The first-order chi connectivity index (χ1) is 16.1. The quantitative estimate of drug-likeness (QED) is 0.596. The molecule has 2 aliphatic rings. The van der Waals surface area contributed by atoms with Gasteiger partial charge in [0.1, 0.15) is 11.8 Å². The van der Waals surface area contributed by atoms with Crippen molar-refractivity contribution in [2.45, 2.75) is 12.5 Å². The van der Waals surface area contributed by atoms with Gasteiger partial charge in [-0.2, -0.15) is 0 Å². The van der Waals surface area contributed by atoms with Crippen LogP contribution in [0.2, 0.25) is 0 Å². The van der Waals surface area contributed by atoms with E-state index in [1.807, 2.05) is 35.2 Å². The van der Waals surface area contributed by atoms with Crippen LogP contribution in [-0.4, -0.2) is 79.3 Å². The van der Waals surface area contributed by atoms with Gasteiger partial charge >= 0.3 is 0 Å². The molecule has 174 valence electrons. The molecule has 2 aliphatic heterocycles. The van der Waals surface area contributed by atoms with Gasteiger partial charge in [0.05, 0.1) is 32.4 Å². The first kappa shape index (κ1) is 23.2. The Hall–Kier alpha value is -3.01. The van der Waals surface area contributed by atoms with Crippen LogP contribution in [-0.2, 0) is 14.3 Å². The van der Waals surface area contributed by atoms with Crippen LogP contribution in [0.1, 0.15) is 6.42 Å². The SMILES string of the molecule is COc1ccc(NC(=O)CC2C(=O)N(c3ccccc3)C(=S)N2CCN2CCOCC2)cc1. The highest BCUT2D eigenvalue weighted by Crippen LogP contribution is 2.27. The molecule has 2 fully saturated rings. The van der Waals surface area contributed by atoms with Crippen molar-refractivity contribution in [2.24, 2.45) is 0 Å². The highest BCUT2D eigenvalue weighted by atomic mass is 32.1. The van der Waals surface area contributed by atoms with Gasteiger partial charge in [0, 0.05) is 31.9 Å². The summed E-state index contributed by atoms with van der Waals surface area (Å²) >= 11 is 5.72. The number of methoxy groups -OCH3 is 1. The number of morpholine rings is 1. The number of nitrogens with one attached hydrogen (secondary N) is 1. The molecule has 0 aliphatic carbocycles. The number of carbonyl (C=O) groups excluding carboxylic acids is 2. The van der Waals surface area contributed by atoms with E-state index in [9.17, 15) is 9.59 Å². The van der Waals surface area contributed by atoms with Crippen molar-refractivity contribution < 1.29 is 19.1 Å². The molecule has 0 spiro atoms. The molecule has 1 atom stereocenters. The molecule has 0 bridgehead atoms. The van der Waals surface area contributed by atoms with Crippen LogP contribution in [0.5, 0.6) is 5.75 Å². The van der Waals surface area contributed by atoms with E-state index in [0.29, 0.717) is 42.0 Å². The zero-order chi connectivity index (χ0) is 23.2. The van der Waals surface area contributed by atoms with Gasteiger partial charge in [0.15, 0.2) is 5.11 Å². The Kier molecular flexibility index (Phi) is 7.54. The highest BCUT2D eigenvalue weighted by molar-refractivity contribution is 7.80. The summed E-state index contributed by atoms with van der Waals surface area (Å²) in [7, 11) is 1.59. The number of hydrogen-bond acceptors (Lipinski definition) is 6. The predicted octanol–water partition coefficient (Wildman–Crippen LogP) is 2.36. The Bertz CT molecular complexity index is 980. The number of anilines is 2. The Morgan fingerprint density at radius 1 is 1.09 bits per heavy atom. The predicted molar refractivity (Wildman–Crippen MR) is 131 cm³/mol. The molecule has 2 heterocycles. The number of ether oxygens (including phenoxy) is 2. The fourth-order valence-electron chi connectivity index (χ4n) is 4.04. The summed E-state index contributed by atoms with van der Waals surface area (Å²) in [6, 6.07) is 15.8. The third-order valence-electron chi connectivity index (χ3n) is 5.85. The molecular weight excluding hydrogens is 440 g/mol. The van der Waals surface area contributed by atoms with Crippen LogP contribution in [0.15, 0.2) is 54.6 Å². The molecule has 33 heavy (non-hydrogen) atoms. The van der Waals surface area contributed by atoms with E-state index in [-0.39, 0.29) is 18.2 Å². The number of benzene rings is 2. The molecule has 2 aromatic rings. The minimum absolute atomic E-state index is 0.0114. The van der Waals surface area contributed by atoms with Crippen LogP contribution < -0.4 is 15.0 Å². The topological polar surface area (TPSA) is 74.4 Å². The summed E-state index contributed by atoms with van der Waals surface area (Å²) in [6.45, 7) is 4.41. The van der Waals surface area contributed by atoms with Gasteiger partial charge in [-0.15, -0.1) is 0 Å². The second-order valence-electron chi connectivity index (χ2n) is 7.94. The highest BCUT2D eigenvalue weighted by Gasteiger charge is 2.44. The van der Waals surface area contributed by atoms with Crippen molar-refractivity contribution in [3.63, 3.8) is 0 Å². The molecule has 9 heteroatoms. The molecule has 0 aromatic heterocycles. The summed E-state index contributed by atoms with van der Waals surface area (Å²) in [6.07, 6.45) is 0.0114. The van der Waals surface area contributed by atoms with Crippen molar-refractivity contribution in [3.05, 3.63) is 54.6 Å². The fraction of sp³-hybridized carbons (Fsp3) is 0.375. The van der Waals surface area contributed by atoms with E-state index < -0.39 is 6.04 Å². The van der Waals surface area contributed by atoms with Gasteiger partial charge in [-0.1, -0.05) is 18.2 Å². The van der Waals surface area contributed by atoms with Gasteiger partial charge in [-0.05, 0) is 48.6 Å². The Morgan fingerprint density at radius 3 is 2.45 bits per heavy atom. The van der Waals surface area contributed by atoms with E-state index in [2.05, 4.69) is 10.2 Å². The number of hydrogen-bond donors (Lipinski definition) is 1. The lowest BCUT2D eigenvalue weighted by Crippen LogP contribution is -2.45. The number of carbonyl (C=O) groups is 2. The molecule has 8 nitrogen and oxygen atoms in total. The lowest BCUT2D eigenvalue weighted by atomic mass is 10.1. The maximum Gasteiger partial charge on any atom is 0.256 e. The Morgan fingerprint density at radius 2 is 1.79 bits per heavy atom. The van der Waals surface area contributed by atoms with Gasteiger partial charge in [0.25, 0.3) is 5.91 Å². The lowest BCUT2D eigenvalue weighted by molar-refractivity contribution is -0.124. The third kappa shape index (κ3) is 5.50. The monoisotopic (exact) mass is 468 g/mol. The number of para-hydroxylation sites is 1. The van der Waals surface area contributed by atoms with E-state index in [4.69, 9.17) is 21.7 Å². The van der Waals surface area contributed by atoms with Crippen molar-refractivity contribution >= 4 is 40.5 Å². The van der Waals surface area contributed by atoms with Crippen LogP contribution in [0.25, 0.3) is 0 Å². The van der Waals surface area contributed by atoms with Crippen LogP contribution >= 0.6 is 12.2 Å². The molecule has 4 rings (SSSR count). The van der Waals surface area contributed by atoms with Gasteiger partial charge in [0.2, 0.25) is 5.91 Å². The summed E-state index contributed by atoms with van der Waals surface area (Å²) in [5, 5.41) is 3.31. The van der Waals surface area contributed by atoms with E-state index >= 15 is 0 Å². The number of rotatable bonds is 8. The summed E-state index contributed by atoms with van der Waals surface area (Å²) in [4.78, 5) is 32.0. The van der Waals surface area contributed by atoms with Crippen LogP contribution in [0, 0.1) is 0 Å². The average molecular weight is 469 g/mol. The lowest BCUT2D eigenvalue weighted by Gasteiger charge is -2.30. The maximum absolute atomic E-state index is 13.4. The van der Waals surface area contributed by atoms with Crippen LogP contribution in [0.4, 0.5) is 11.4 Å². The van der Waals surface area contributed by atoms with Crippen LogP contribution in [0.3, 0.4) is 0 Å². The first-order valence-corrected chi connectivity index (χ1v) is 11.4. The van der Waals surface area contributed by atoms with E-state index in [0.717, 1.165) is 19.6 Å². The molecule has 2 saturated heterocycles. The first-order valence-electron chi connectivity index (χ1n) is 11.0. The largest absolute Gasteiger partial charge is 0.497 e. The number of amides is 2. The second-order valence-corrected chi connectivity index (χ2v) is 8.30. The molecule has 2 amide bonds. The normalized spacial score (nSPS) is 19.1. The molecule has 0 radical (unpaired) electrons. The molecule has 1 N–H and O–H groups in total. The second kappa shape index (κ2) is 10.7. The van der Waals surface area contributed by atoms with Crippen molar-refractivity contribution in [2.75, 3.05) is 56.7 Å². The zero-order valence-corrected chi connectivity index (χ0v) is 19.4. The van der Waals surface area contributed by atoms with Crippen molar-refractivity contribution in [3.8, 4) is 5.75 Å². The fourth-order valence-corrected chi connectivity index (χ4v) is 4.45. The molecule has 1 unspecified atom stereocenters. The van der Waals surface area contributed by atoms with Crippen molar-refractivity contribution in [1.29, 1.82) is 0 Å². The summed E-state index contributed by atoms with van der Waals surface area (Å²) < 4.78 is 10.6. The van der Waals surface area contributed by atoms with Gasteiger partial charge < -0.3 is 19.7 Å².